The number of fused-ring (bicyclic) bond motifs is 7. The zero-order chi connectivity index (χ0) is 32.6. The van der Waals surface area contributed by atoms with E-state index in [4.69, 9.17) is 4.74 Å². The Labute approximate surface area is 269 Å². The number of carboxylic acids is 1. The van der Waals surface area contributed by atoms with Gasteiger partial charge in [-0.1, -0.05) is 65.3 Å². The lowest BCUT2D eigenvalue weighted by molar-refractivity contribution is -0.218. The van der Waals surface area contributed by atoms with E-state index in [9.17, 15) is 24.9 Å². The Bertz CT molecular complexity index is 1390. The largest absolute Gasteiger partial charge is 0.508 e. The van der Waals surface area contributed by atoms with Crippen molar-refractivity contribution in [3.63, 3.8) is 0 Å². The number of phenolic OH excluding ortho intramolecular Hbond substituents is 1. The number of rotatable bonds is 5. The third-order valence-electron chi connectivity index (χ3n) is 14.8. The molecule has 6 nitrogen and oxygen atoms in total. The molecule has 2 unspecified atom stereocenters. The Morgan fingerprint density at radius 1 is 0.933 bits per heavy atom. The van der Waals surface area contributed by atoms with Crippen LogP contribution in [0.2, 0.25) is 0 Å². The maximum absolute atomic E-state index is 13.3. The molecule has 0 bridgehead atoms. The minimum Gasteiger partial charge on any atom is -0.508 e. The van der Waals surface area contributed by atoms with Crippen LogP contribution in [0, 0.1) is 56.7 Å². The molecule has 5 aliphatic rings. The fourth-order valence-corrected chi connectivity index (χ4v) is 12.0. The summed E-state index contributed by atoms with van der Waals surface area (Å²) < 4.78 is 6.26. The van der Waals surface area contributed by atoms with Crippen LogP contribution < -0.4 is 0 Å². The van der Waals surface area contributed by atoms with Gasteiger partial charge in [0.1, 0.15) is 12.4 Å². The highest BCUT2D eigenvalue weighted by Crippen LogP contribution is 2.76. The van der Waals surface area contributed by atoms with Crippen LogP contribution in [0.15, 0.2) is 42.0 Å². The van der Waals surface area contributed by atoms with Gasteiger partial charge in [0.15, 0.2) is 0 Å². The molecule has 0 heterocycles. The number of carbonyl (C=O) groups is 2. The molecule has 6 rings (SSSR count). The summed E-state index contributed by atoms with van der Waals surface area (Å²) in [5.41, 5.74) is 0.520. The summed E-state index contributed by atoms with van der Waals surface area (Å²) in [6.45, 7) is 14.2. The molecular formula is C39H54O6. The number of esters is 1. The van der Waals surface area contributed by atoms with E-state index in [1.54, 1.807) is 30.3 Å². The van der Waals surface area contributed by atoms with Crippen LogP contribution in [-0.2, 0) is 14.3 Å². The number of aliphatic hydroxyl groups excluding tert-OH is 1. The third-order valence-corrected chi connectivity index (χ3v) is 14.8. The topological polar surface area (TPSA) is 104 Å². The van der Waals surface area contributed by atoms with Crippen LogP contribution in [0.25, 0.3) is 6.08 Å². The van der Waals surface area contributed by atoms with E-state index in [0.29, 0.717) is 37.0 Å². The first-order valence-electron chi connectivity index (χ1n) is 17.4. The minimum absolute atomic E-state index is 0.0281. The van der Waals surface area contributed by atoms with Crippen LogP contribution in [-0.4, -0.2) is 40.0 Å². The predicted octanol–water partition coefficient (Wildman–Crippen LogP) is 8.03. The number of allylic oxidation sites excluding steroid dienone is 1. The second kappa shape index (κ2) is 11.0. The number of hydrogen-bond donors (Lipinski definition) is 3. The lowest BCUT2D eigenvalue weighted by Gasteiger charge is -2.71. The van der Waals surface area contributed by atoms with E-state index in [1.807, 2.05) is 0 Å². The molecule has 4 fully saturated rings. The molecule has 45 heavy (non-hydrogen) atoms. The molecule has 5 aliphatic carbocycles. The highest BCUT2D eigenvalue weighted by Gasteiger charge is 2.71. The number of carbonyl (C=O) groups excluding carboxylic acids is 1. The van der Waals surface area contributed by atoms with Gasteiger partial charge in [-0.15, -0.1) is 0 Å². The van der Waals surface area contributed by atoms with Crippen molar-refractivity contribution >= 4 is 18.0 Å². The first-order chi connectivity index (χ1) is 21.1. The smallest absolute Gasteiger partial charge is 0.330 e. The van der Waals surface area contributed by atoms with E-state index in [2.05, 4.69) is 47.6 Å². The Balaban J connectivity index is 1.42. The summed E-state index contributed by atoms with van der Waals surface area (Å²) in [6.07, 6.45) is 12.9. The molecule has 0 radical (unpaired) electrons. The molecule has 0 aliphatic heterocycles. The van der Waals surface area contributed by atoms with Crippen molar-refractivity contribution in [3.05, 3.63) is 47.6 Å². The summed E-state index contributed by atoms with van der Waals surface area (Å²) in [5.74, 6) is 0.422. The van der Waals surface area contributed by atoms with Crippen molar-refractivity contribution < 1.29 is 29.6 Å². The number of aromatic hydroxyl groups is 1. The zero-order valence-corrected chi connectivity index (χ0v) is 28.1. The van der Waals surface area contributed by atoms with Crippen molar-refractivity contribution in [2.75, 3.05) is 6.61 Å². The van der Waals surface area contributed by atoms with Crippen molar-refractivity contribution in [3.8, 4) is 5.75 Å². The Morgan fingerprint density at radius 3 is 2.33 bits per heavy atom. The first kappa shape index (κ1) is 32.3. The highest BCUT2D eigenvalue weighted by molar-refractivity contribution is 5.87. The Morgan fingerprint density at radius 2 is 1.64 bits per heavy atom. The van der Waals surface area contributed by atoms with Crippen molar-refractivity contribution in [1.82, 2.24) is 0 Å². The molecule has 0 amide bonds. The summed E-state index contributed by atoms with van der Waals surface area (Å²) in [4.78, 5) is 26.5. The maximum atomic E-state index is 13.3. The Hall–Kier alpha value is -2.60. The average Bonchev–Trinajstić information content (AvgIpc) is 2.99. The van der Waals surface area contributed by atoms with Gasteiger partial charge in [0.05, 0.1) is 11.5 Å². The number of aliphatic carboxylic acids is 1. The van der Waals surface area contributed by atoms with Gasteiger partial charge in [-0.2, -0.15) is 0 Å². The number of benzene rings is 1. The first-order valence-corrected chi connectivity index (χ1v) is 17.4. The van der Waals surface area contributed by atoms with Gasteiger partial charge in [-0.3, -0.25) is 4.79 Å². The SMILES string of the molecule is C[C@H]1[C@H](C)CC[C@]2(C(=O)O)CC[C@@]3(COC(=O)/C=C/c4ccc(O)cc4)C(=CCC4[C@@]5(C)CC[C@H](O)C(C)(C)C5CC[C@]43C)[C@H]12. The van der Waals surface area contributed by atoms with E-state index in [1.165, 1.54) is 11.6 Å². The van der Waals surface area contributed by atoms with Gasteiger partial charge in [0, 0.05) is 11.5 Å². The molecule has 0 spiro atoms. The van der Waals surface area contributed by atoms with Gasteiger partial charge in [0.25, 0.3) is 0 Å². The van der Waals surface area contributed by atoms with E-state index in [0.717, 1.165) is 44.1 Å². The van der Waals surface area contributed by atoms with Gasteiger partial charge < -0.3 is 20.1 Å². The molecule has 1 aromatic carbocycles. The van der Waals surface area contributed by atoms with Crippen LogP contribution in [0.3, 0.4) is 0 Å². The molecule has 4 saturated carbocycles. The quantitative estimate of drug-likeness (QED) is 0.175. The summed E-state index contributed by atoms with van der Waals surface area (Å²) in [7, 11) is 0. The van der Waals surface area contributed by atoms with Crippen LogP contribution in [0.1, 0.15) is 105 Å². The fraction of sp³-hybridized carbons (Fsp3) is 0.692. The number of aliphatic hydroxyl groups is 1. The molecule has 0 aromatic heterocycles. The lowest BCUT2D eigenvalue weighted by atomic mass is 9.33. The molecule has 6 heteroatoms. The summed E-state index contributed by atoms with van der Waals surface area (Å²) in [6, 6.07) is 6.70. The number of phenols is 1. The Kier molecular flexibility index (Phi) is 7.90. The molecule has 10 atom stereocenters. The molecular weight excluding hydrogens is 564 g/mol. The van der Waals surface area contributed by atoms with E-state index >= 15 is 0 Å². The molecule has 1 aromatic rings. The normalized spacial score (nSPS) is 43.7. The molecule has 3 N–H and O–H groups in total. The summed E-state index contributed by atoms with van der Waals surface area (Å²) >= 11 is 0. The molecule has 0 saturated heterocycles. The second-order valence-electron chi connectivity index (χ2n) is 16.8. The molecule has 246 valence electrons. The van der Waals surface area contributed by atoms with Crippen LogP contribution in [0.5, 0.6) is 5.75 Å². The predicted molar refractivity (Wildman–Crippen MR) is 175 cm³/mol. The van der Waals surface area contributed by atoms with Gasteiger partial charge >= 0.3 is 11.9 Å². The average molecular weight is 619 g/mol. The van der Waals surface area contributed by atoms with Crippen LogP contribution in [0.4, 0.5) is 0 Å². The standard InChI is InChI=1S/C39H54O6/c1-24-15-20-38(34(43)44)21-22-39(23-45-32(42)14-9-26-7-10-27(40)11-8-26)28(33(38)25(24)2)12-13-30-36(5)18-17-31(41)35(3,4)29(36)16-19-37(30,39)6/h7-12,14,24-25,29-31,33,40-41H,13,15-23H2,1-6H3,(H,43,44)/b14-9+/t24-,25+,29?,30?,31+,33+,36+,37-,38+,39-/m1/s1. The minimum atomic E-state index is -0.773. The maximum Gasteiger partial charge on any atom is 0.330 e. The van der Waals surface area contributed by atoms with Crippen molar-refractivity contribution in [1.29, 1.82) is 0 Å². The lowest BCUT2D eigenvalue weighted by Crippen LogP contribution is -2.67. The van der Waals surface area contributed by atoms with Crippen molar-refractivity contribution in [2.45, 2.75) is 105 Å². The monoisotopic (exact) mass is 618 g/mol. The van der Waals surface area contributed by atoms with Gasteiger partial charge in [-0.05, 0) is 127 Å². The van der Waals surface area contributed by atoms with Crippen LogP contribution >= 0.6 is 0 Å². The van der Waals surface area contributed by atoms with Gasteiger partial charge in [-0.25, -0.2) is 4.79 Å². The third kappa shape index (κ3) is 4.66. The highest BCUT2D eigenvalue weighted by atomic mass is 16.5. The number of carboxylic acid groups (broad SMARTS) is 1. The fourth-order valence-electron chi connectivity index (χ4n) is 12.0. The number of ether oxygens (including phenoxy) is 1. The van der Waals surface area contributed by atoms with Gasteiger partial charge in [0.2, 0.25) is 0 Å². The summed E-state index contributed by atoms with van der Waals surface area (Å²) in [5, 5.41) is 31.6. The van der Waals surface area contributed by atoms with Crippen molar-refractivity contribution in [2.24, 2.45) is 56.7 Å². The second-order valence-corrected chi connectivity index (χ2v) is 16.8. The number of hydrogen-bond acceptors (Lipinski definition) is 5. The van der Waals surface area contributed by atoms with E-state index in [-0.39, 0.29) is 46.5 Å². The van der Waals surface area contributed by atoms with E-state index < -0.39 is 22.8 Å². The zero-order valence-electron chi connectivity index (χ0n) is 28.1.